The molecule has 1 aromatic carbocycles. The van der Waals surface area contributed by atoms with Crippen LogP contribution in [-0.4, -0.2) is 29.4 Å². The number of Topliss-reactive ketones (excluding diaryl/α,β-unsaturated/α-hetero) is 1. The minimum atomic E-state index is -3.84. The van der Waals surface area contributed by atoms with E-state index >= 15 is 0 Å². The summed E-state index contributed by atoms with van der Waals surface area (Å²) in [7, 11) is -3.84. The first-order chi connectivity index (χ1) is 9.53. The highest BCUT2D eigenvalue weighted by molar-refractivity contribution is 7.92. The Kier molecular flexibility index (Phi) is 4.04. The molecule has 2 aromatic rings. The van der Waals surface area contributed by atoms with Gasteiger partial charge in [0, 0.05) is 12.0 Å². The van der Waals surface area contributed by atoms with Crippen LogP contribution in [0.1, 0.15) is 23.7 Å². The average molecular weight is 292 g/mol. The second-order valence-electron chi connectivity index (χ2n) is 3.88. The molecule has 0 atom stereocenters. The van der Waals surface area contributed by atoms with Gasteiger partial charge in [-0.25, -0.2) is 18.1 Å². The van der Waals surface area contributed by atoms with Gasteiger partial charge < -0.3 is 0 Å². The third-order valence-corrected chi connectivity index (χ3v) is 3.82. The molecule has 2 rings (SSSR count). The van der Waals surface area contributed by atoms with E-state index in [-0.39, 0.29) is 16.6 Å². The van der Waals surface area contributed by atoms with E-state index in [1.165, 1.54) is 30.6 Å². The second kappa shape index (κ2) is 5.74. The van der Waals surface area contributed by atoms with Gasteiger partial charge in [0.2, 0.25) is 0 Å². The smallest absolute Gasteiger partial charge is 0.264 e. The highest BCUT2D eigenvalue weighted by atomic mass is 32.2. The number of ketones is 1. The lowest BCUT2D eigenvalue weighted by Crippen LogP contribution is -2.15. The molecule has 7 nitrogen and oxygen atoms in total. The van der Waals surface area contributed by atoms with E-state index in [9.17, 15) is 13.2 Å². The predicted octanol–water partition coefficient (Wildman–Crippen LogP) is 1.27. The van der Waals surface area contributed by atoms with E-state index in [0.29, 0.717) is 12.0 Å². The molecule has 0 aliphatic carbocycles. The van der Waals surface area contributed by atoms with Gasteiger partial charge in [0.25, 0.3) is 16.0 Å². The zero-order chi connectivity index (χ0) is 14.6. The van der Waals surface area contributed by atoms with Crippen LogP contribution in [0.5, 0.6) is 0 Å². The number of carbonyl (C=O) groups excluding carboxylic acids is 1. The van der Waals surface area contributed by atoms with Crippen molar-refractivity contribution in [3.8, 4) is 0 Å². The van der Waals surface area contributed by atoms with Crippen molar-refractivity contribution in [2.45, 2.75) is 18.2 Å². The summed E-state index contributed by atoms with van der Waals surface area (Å²) in [5, 5.41) is 7.07. The standard InChI is InChI=1S/C12H12N4O3S/c1-2-11(17)9-4-3-5-10(8-9)20(18,19)16-12-13-6-7-14-15-12/h3-8H,2H2,1H3,(H,13,15,16). The molecule has 0 fully saturated rings. The summed E-state index contributed by atoms with van der Waals surface area (Å²) in [5.41, 5.74) is 0.350. The number of hydrogen-bond donors (Lipinski definition) is 1. The number of carbonyl (C=O) groups is 1. The van der Waals surface area contributed by atoms with Crippen LogP contribution in [0.25, 0.3) is 0 Å². The van der Waals surface area contributed by atoms with E-state index in [4.69, 9.17) is 0 Å². The van der Waals surface area contributed by atoms with Gasteiger partial charge in [0.15, 0.2) is 5.78 Å². The number of benzene rings is 1. The minimum absolute atomic E-state index is 0.0238. The number of sulfonamides is 1. The second-order valence-corrected chi connectivity index (χ2v) is 5.56. The summed E-state index contributed by atoms with van der Waals surface area (Å²) >= 11 is 0. The van der Waals surface area contributed by atoms with Crippen molar-refractivity contribution in [1.29, 1.82) is 0 Å². The minimum Gasteiger partial charge on any atom is -0.294 e. The van der Waals surface area contributed by atoms with Crippen molar-refractivity contribution >= 4 is 21.8 Å². The van der Waals surface area contributed by atoms with Crippen LogP contribution >= 0.6 is 0 Å². The van der Waals surface area contributed by atoms with Crippen molar-refractivity contribution in [2.24, 2.45) is 0 Å². The molecule has 1 heterocycles. The predicted molar refractivity (Wildman–Crippen MR) is 71.7 cm³/mol. The van der Waals surface area contributed by atoms with E-state index in [2.05, 4.69) is 19.9 Å². The van der Waals surface area contributed by atoms with E-state index in [0.717, 1.165) is 0 Å². The first-order valence-electron chi connectivity index (χ1n) is 5.82. The Labute approximate surface area is 116 Å². The van der Waals surface area contributed by atoms with Crippen LogP contribution in [0, 0.1) is 0 Å². The number of rotatable bonds is 5. The van der Waals surface area contributed by atoms with Crippen LogP contribution < -0.4 is 4.72 Å². The van der Waals surface area contributed by atoms with Gasteiger partial charge in [-0.2, -0.15) is 5.10 Å². The molecule has 0 saturated heterocycles. The zero-order valence-corrected chi connectivity index (χ0v) is 11.5. The molecule has 0 spiro atoms. The Bertz CT molecular complexity index is 716. The fourth-order valence-corrected chi connectivity index (χ4v) is 2.51. The van der Waals surface area contributed by atoms with Gasteiger partial charge in [-0.1, -0.05) is 19.1 Å². The summed E-state index contributed by atoms with van der Waals surface area (Å²) in [6, 6.07) is 5.81. The quantitative estimate of drug-likeness (QED) is 0.832. The van der Waals surface area contributed by atoms with Crippen LogP contribution in [0.2, 0.25) is 0 Å². The summed E-state index contributed by atoms with van der Waals surface area (Å²) in [6.45, 7) is 1.71. The summed E-state index contributed by atoms with van der Waals surface area (Å²) in [5.74, 6) is -0.251. The lowest BCUT2D eigenvalue weighted by Gasteiger charge is -2.07. The van der Waals surface area contributed by atoms with Crippen LogP contribution in [0.15, 0.2) is 41.6 Å². The molecule has 0 saturated carbocycles. The molecule has 0 aliphatic heterocycles. The molecule has 0 radical (unpaired) electrons. The maximum Gasteiger partial charge on any atom is 0.264 e. The molecule has 0 amide bonds. The Hall–Kier alpha value is -2.35. The fraction of sp³-hybridized carbons (Fsp3) is 0.167. The van der Waals surface area contributed by atoms with Crippen molar-refractivity contribution in [3.63, 3.8) is 0 Å². The molecule has 0 bridgehead atoms. The van der Waals surface area contributed by atoms with E-state index < -0.39 is 10.0 Å². The summed E-state index contributed by atoms with van der Waals surface area (Å²) in [6.07, 6.45) is 2.96. The van der Waals surface area contributed by atoms with Crippen molar-refractivity contribution < 1.29 is 13.2 Å². The Morgan fingerprint density at radius 1 is 1.30 bits per heavy atom. The maximum absolute atomic E-state index is 12.1. The molecule has 1 N–H and O–H groups in total. The number of anilines is 1. The molecule has 20 heavy (non-hydrogen) atoms. The van der Waals surface area contributed by atoms with Crippen LogP contribution in [0.4, 0.5) is 5.95 Å². The van der Waals surface area contributed by atoms with Gasteiger partial charge in [-0.3, -0.25) is 4.79 Å². The lowest BCUT2D eigenvalue weighted by atomic mass is 10.1. The molecule has 104 valence electrons. The Balaban J connectivity index is 2.33. The lowest BCUT2D eigenvalue weighted by molar-refractivity contribution is 0.0988. The third kappa shape index (κ3) is 3.15. The Morgan fingerprint density at radius 3 is 2.75 bits per heavy atom. The number of nitrogens with zero attached hydrogens (tertiary/aromatic N) is 3. The zero-order valence-electron chi connectivity index (χ0n) is 10.6. The largest absolute Gasteiger partial charge is 0.294 e. The topological polar surface area (TPSA) is 102 Å². The van der Waals surface area contributed by atoms with Gasteiger partial charge in [0.05, 0.1) is 17.3 Å². The summed E-state index contributed by atoms with van der Waals surface area (Å²) in [4.78, 5) is 15.3. The molecular weight excluding hydrogens is 280 g/mol. The van der Waals surface area contributed by atoms with Gasteiger partial charge in [0.1, 0.15) is 0 Å². The molecule has 8 heteroatoms. The Morgan fingerprint density at radius 2 is 2.10 bits per heavy atom. The van der Waals surface area contributed by atoms with Crippen LogP contribution in [-0.2, 0) is 10.0 Å². The maximum atomic E-state index is 12.1. The van der Waals surface area contributed by atoms with Crippen molar-refractivity contribution in [3.05, 3.63) is 42.2 Å². The highest BCUT2D eigenvalue weighted by Crippen LogP contribution is 2.15. The molecule has 1 aromatic heterocycles. The average Bonchev–Trinajstić information content (AvgIpc) is 2.47. The van der Waals surface area contributed by atoms with Crippen molar-refractivity contribution in [1.82, 2.24) is 15.2 Å². The van der Waals surface area contributed by atoms with Crippen molar-refractivity contribution in [2.75, 3.05) is 4.72 Å². The number of aromatic nitrogens is 3. The number of nitrogens with one attached hydrogen (secondary N) is 1. The first-order valence-corrected chi connectivity index (χ1v) is 7.31. The van der Waals surface area contributed by atoms with E-state index in [1.54, 1.807) is 13.0 Å². The van der Waals surface area contributed by atoms with Crippen LogP contribution in [0.3, 0.4) is 0 Å². The fourth-order valence-electron chi connectivity index (χ4n) is 1.51. The normalized spacial score (nSPS) is 11.1. The monoisotopic (exact) mass is 292 g/mol. The molecule has 0 aliphatic rings. The number of hydrogen-bond acceptors (Lipinski definition) is 6. The third-order valence-electron chi connectivity index (χ3n) is 2.50. The molecule has 0 unspecified atom stereocenters. The van der Waals surface area contributed by atoms with Gasteiger partial charge in [-0.05, 0) is 12.1 Å². The SMILES string of the molecule is CCC(=O)c1cccc(S(=O)(=O)Nc2nccnn2)c1. The van der Waals surface area contributed by atoms with Gasteiger partial charge in [-0.15, -0.1) is 5.10 Å². The van der Waals surface area contributed by atoms with E-state index in [1.807, 2.05) is 0 Å². The summed E-state index contributed by atoms with van der Waals surface area (Å²) < 4.78 is 26.5. The van der Waals surface area contributed by atoms with Gasteiger partial charge >= 0.3 is 0 Å². The highest BCUT2D eigenvalue weighted by Gasteiger charge is 2.17. The first kappa shape index (κ1) is 14.1. The molecular formula is C12H12N4O3S.